The number of methoxy groups -OCH3 is 1. The molecular formula is C11H18N4O4S. The molecule has 0 spiro atoms. The third kappa shape index (κ3) is 3.56. The molecule has 1 saturated heterocycles. The number of carbonyl (C=O) groups is 1. The molecule has 112 valence electrons. The monoisotopic (exact) mass is 302 g/mol. The number of nitrogens with zero attached hydrogens (tertiary/aromatic N) is 2. The molecule has 1 fully saturated rings. The van der Waals surface area contributed by atoms with Crippen LogP contribution in [0.4, 0.5) is 0 Å². The first kappa shape index (κ1) is 14.9. The van der Waals surface area contributed by atoms with Gasteiger partial charge in [-0.05, 0) is 18.9 Å². The molecule has 1 aliphatic heterocycles. The standard InChI is InChI=1S/C11H18N4O4S/c1-19-8-11(16)15-6-3-9(4-7-15)14-20(17,18)10-2-5-12-13-10/h2,5,9,14H,3-4,6-8H2,1H3,(H,12,13). The molecular weight excluding hydrogens is 284 g/mol. The van der Waals surface area contributed by atoms with Gasteiger partial charge in [-0.15, -0.1) is 0 Å². The van der Waals surface area contributed by atoms with Crippen molar-refractivity contribution in [3.63, 3.8) is 0 Å². The molecule has 2 rings (SSSR count). The van der Waals surface area contributed by atoms with Gasteiger partial charge in [0.1, 0.15) is 6.61 Å². The number of likely N-dealkylation sites (tertiary alicyclic amines) is 1. The van der Waals surface area contributed by atoms with E-state index in [1.165, 1.54) is 19.4 Å². The van der Waals surface area contributed by atoms with Crippen LogP contribution in [-0.4, -0.2) is 62.3 Å². The summed E-state index contributed by atoms with van der Waals surface area (Å²) in [6.45, 7) is 1.11. The van der Waals surface area contributed by atoms with E-state index in [4.69, 9.17) is 4.74 Å². The number of piperidine rings is 1. The number of nitrogens with one attached hydrogen (secondary N) is 2. The topological polar surface area (TPSA) is 104 Å². The first-order valence-electron chi connectivity index (χ1n) is 6.31. The van der Waals surface area contributed by atoms with Crippen molar-refractivity contribution in [2.24, 2.45) is 0 Å². The molecule has 0 aromatic carbocycles. The molecule has 0 saturated carbocycles. The Balaban J connectivity index is 1.87. The second-order valence-electron chi connectivity index (χ2n) is 4.63. The Hall–Kier alpha value is -1.45. The second-order valence-corrected chi connectivity index (χ2v) is 6.31. The smallest absolute Gasteiger partial charge is 0.257 e. The lowest BCUT2D eigenvalue weighted by Crippen LogP contribution is -2.47. The van der Waals surface area contributed by atoms with E-state index in [1.807, 2.05) is 0 Å². The molecule has 8 nitrogen and oxygen atoms in total. The van der Waals surface area contributed by atoms with Gasteiger partial charge in [-0.1, -0.05) is 0 Å². The highest BCUT2D eigenvalue weighted by Crippen LogP contribution is 2.13. The SMILES string of the molecule is COCC(=O)N1CCC(NS(=O)(=O)c2ccn[nH]2)CC1. The Bertz CT molecular complexity index is 535. The van der Waals surface area contributed by atoms with E-state index < -0.39 is 10.0 Å². The number of hydrogen-bond donors (Lipinski definition) is 2. The largest absolute Gasteiger partial charge is 0.375 e. The number of aromatic amines is 1. The zero-order chi connectivity index (χ0) is 14.6. The maximum absolute atomic E-state index is 12.0. The summed E-state index contributed by atoms with van der Waals surface area (Å²) in [5.41, 5.74) is 0. The summed E-state index contributed by atoms with van der Waals surface area (Å²) in [5.74, 6) is -0.0672. The number of amides is 1. The minimum Gasteiger partial charge on any atom is -0.375 e. The van der Waals surface area contributed by atoms with Crippen LogP contribution in [0, 0.1) is 0 Å². The number of aromatic nitrogens is 2. The van der Waals surface area contributed by atoms with Crippen LogP contribution >= 0.6 is 0 Å². The quantitative estimate of drug-likeness (QED) is 0.750. The van der Waals surface area contributed by atoms with Crippen molar-refractivity contribution in [2.75, 3.05) is 26.8 Å². The molecule has 2 N–H and O–H groups in total. The van der Waals surface area contributed by atoms with Gasteiger partial charge in [0.25, 0.3) is 10.0 Å². The van der Waals surface area contributed by atoms with Crippen molar-refractivity contribution in [1.29, 1.82) is 0 Å². The molecule has 2 heterocycles. The highest BCUT2D eigenvalue weighted by molar-refractivity contribution is 7.89. The number of rotatable bonds is 5. The predicted octanol–water partition coefficient (Wildman–Crippen LogP) is -0.675. The van der Waals surface area contributed by atoms with Crippen molar-refractivity contribution in [3.05, 3.63) is 12.3 Å². The zero-order valence-corrected chi connectivity index (χ0v) is 12.0. The predicted molar refractivity (Wildman–Crippen MR) is 70.4 cm³/mol. The molecule has 0 bridgehead atoms. The van der Waals surface area contributed by atoms with Crippen molar-refractivity contribution < 1.29 is 17.9 Å². The number of sulfonamides is 1. The Morgan fingerprint density at radius 1 is 1.55 bits per heavy atom. The van der Waals surface area contributed by atoms with Gasteiger partial charge < -0.3 is 9.64 Å². The molecule has 0 radical (unpaired) electrons. The third-order valence-corrected chi connectivity index (χ3v) is 4.65. The first-order chi connectivity index (χ1) is 9.53. The van der Waals surface area contributed by atoms with Crippen LogP contribution in [0.5, 0.6) is 0 Å². The van der Waals surface area contributed by atoms with Crippen LogP contribution in [0.15, 0.2) is 17.3 Å². The Labute approximate surface area is 117 Å². The van der Waals surface area contributed by atoms with Gasteiger partial charge in [0.05, 0.1) is 6.20 Å². The highest BCUT2D eigenvalue weighted by atomic mass is 32.2. The van der Waals surface area contributed by atoms with Crippen molar-refractivity contribution >= 4 is 15.9 Å². The minimum atomic E-state index is -3.56. The van der Waals surface area contributed by atoms with E-state index in [-0.39, 0.29) is 23.6 Å². The van der Waals surface area contributed by atoms with Gasteiger partial charge in [0.15, 0.2) is 5.03 Å². The van der Waals surface area contributed by atoms with Gasteiger partial charge in [0.2, 0.25) is 5.91 Å². The van der Waals surface area contributed by atoms with Crippen molar-refractivity contribution in [2.45, 2.75) is 23.9 Å². The summed E-state index contributed by atoms with van der Waals surface area (Å²) in [6.07, 6.45) is 2.56. The van der Waals surface area contributed by atoms with Gasteiger partial charge in [-0.2, -0.15) is 5.10 Å². The Morgan fingerprint density at radius 2 is 2.25 bits per heavy atom. The van der Waals surface area contributed by atoms with Crippen LogP contribution in [0.25, 0.3) is 0 Å². The molecule has 1 aromatic heterocycles. The lowest BCUT2D eigenvalue weighted by Gasteiger charge is -2.31. The minimum absolute atomic E-state index is 0.0513. The molecule has 9 heteroatoms. The average molecular weight is 302 g/mol. The van der Waals surface area contributed by atoms with E-state index in [1.54, 1.807) is 4.90 Å². The van der Waals surface area contributed by atoms with E-state index in [0.717, 1.165) is 0 Å². The molecule has 0 unspecified atom stereocenters. The summed E-state index contributed by atoms with van der Waals surface area (Å²) >= 11 is 0. The lowest BCUT2D eigenvalue weighted by molar-refractivity contribution is -0.136. The first-order valence-corrected chi connectivity index (χ1v) is 7.79. The van der Waals surface area contributed by atoms with E-state index in [0.29, 0.717) is 25.9 Å². The Morgan fingerprint density at radius 3 is 2.80 bits per heavy atom. The van der Waals surface area contributed by atoms with Crippen LogP contribution in [0.2, 0.25) is 0 Å². The maximum atomic E-state index is 12.0. The van der Waals surface area contributed by atoms with E-state index >= 15 is 0 Å². The fourth-order valence-electron chi connectivity index (χ4n) is 2.14. The summed E-state index contributed by atoms with van der Waals surface area (Å²) in [6, 6.07) is 1.23. The van der Waals surface area contributed by atoms with E-state index in [9.17, 15) is 13.2 Å². The van der Waals surface area contributed by atoms with Crippen LogP contribution in [0.1, 0.15) is 12.8 Å². The summed E-state index contributed by atoms with van der Waals surface area (Å²) in [4.78, 5) is 13.3. The van der Waals surface area contributed by atoms with Gasteiger partial charge >= 0.3 is 0 Å². The van der Waals surface area contributed by atoms with E-state index in [2.05, 4.69) is 14.9 Å². The highest BCUT2D eigenvalue weighted by Gasteiger charge is 2.26. The summed E-state index contributed by atoms with van der Waals surface area (Å²) in [5, 5.41) is 6.11. The van der Waals surface area contributed by atoms with Crippen molar-refractivity contribution in [1.82, 2.24) is 19.8 Å². The normalized spacial score (nSPS) is 17.4. The molecule has 1 aromatic rings. The second kappa shape index (κ2) is 6.33. The number of carbonyl (C=O) groups excluding carboxylic acids is 1. The molecule has 1 amide bonds. The average Bonchev–Trinajstić information content (AvgIpc) is 2.94. The molecule has 0 atom stereocenters. The third-order valence-electron chi connectivity index (χ3n) is 3.20. The zero-order valence-electron chi connectivity index (χ0n) is 11.2. The van der Waals surface area contributed by atoms with Gasteiger partial charge in [-0.25, -0.2) is 13.1 Å². The lowest BCUT2D eigenvalue weighted by atomic mass is 10.1. The Kier molecular flexibility index (Phi) is 4.73. The van der Waals surface area contributed by atoms with Crippen molar-refractivity contribution in [3.8, 4) is 0 Å². The molecule has 0 aliphatic carbocycles. The van der Waals surface area contributed by atoms with Gasteiger partial charge in [-0.3, -0.25) is 9.89 Å². The fraction of sp³-hybridized carbons (Fsp3) is 0.636. The van der Waals surface area contributed by atoms with Crippen LogP contribution < -0.4 is 4.72 Å². The number of H-pyrrole nitrogens is 1. The van der Waals surface area contributed by atoms with Gasteiger partial charge in [0, 0.05) is 26.2 Å². The van der Waals surface area contributed by atoms with Crippen LogP contribution in [0.3, 0.4) is 0 Å². The summed E-state index contributed by atoms with van der Waals surface area (Å²) < 4.78 is 31.4. The number of ether oxygens (including phenoxy) is 1. The van der Waals surface area contributed by atoms with Crippen LogP contribution in [-0.2, 0) is 19.6 Å². The fourth-order valence-corrected chi connectivity index (χ4v) is 3.35. The maximum Gasteiger partial charge on any atom is 0.257 e. The number of hydrogen-bond acceptors (Lipinski definition) is 5. The summed E-state index contributed by atoms with van der Waals surface area (Å²) in [7, 11) is -2.09. The molecule has 20 heavy (non-hydrogen) atoms. The molecule has 1 aliphatic rings.